The van der Waals surface area contributed by atoms with Gasteiger partial charge in [0.15, 0.2) is 0 Å². The number of carbonyl (C=O) groups is 2. The van der Waals surface area contributed by atoms with Crippen molar-refractivity contribution < 1.29 is 22.8 Å². The molecule has 2 amide bonds. The number of rotatable bonds is 7. The number of anilines is 1. The summed E-state index contributed by atoms with van der Waals surface area (Å²) in [4.78, 5) is 26.1. The molecule has 0 fully saturated rings. The van der Waals surface area contributed by atoms with Gasteiger partial charge in [-0.05, 0) is 76.7 Å². The van der Waals surface area contributed by atoms with Crippen LogP contribution in [0.15, 0.2) is 121 Å². The van der Waals surface area contributed by atoms with E-state index >= 15 is 0 Å². The van der Waals surface area contributed by atoms with Crippen molar-refractivity contribution >= 4 is 17.5 Å². The van der Waals surface area contributed by atoms with Gasteiger partial charge in [-0.3, -0.25) is 9.59 Å². The minimum Gasteiger partial charge on any atom is -0.348 e. The zero-order valence-electron chi connectivity index (χ0n) is 22.7. The first-order valence-electron chi connectivity index (χ1n) is 13.3. The highest BCUT2D eigenvalue weighted by molar-refractivity contribution is 6.09. The van der Waals surface area contributed by atoms with Crippen LogP contribution in [0.2, 0.25) is 0 Å². The van der Waals surface area contributed by atoms with E-state index in [1.54, 1.807) is 48.5 Å². The zero-order valence-corrected chi connectivity index (χ0v) is 22.7. The molecule has 7 heteroatoms. The number of halogens is 3. The molecule has 0 saturated carbocycles. The fourth-order valence-corrected chi connectivity index (χ4v) is 4.69. The highest BCUT2D eigenvalue weighted by Gasteiger charge is 2.30. The van der Waals surface area contributed by atoms with Crippen LogP contribution in [-0.4, -0.2) is 11.8 Å². The van der Waals surface area contributed by atoms with Gasteiger partial charge >= 0.3 is 6.18 Å². The van der Waals surface area contributed by atoms with Crippen molar-refractivity contribution in [1.29, 1.82) is 0 Å². The Kier molecular flexibility index (Phi) is 8.20. The zero-order chi connectivity index (χ0) is 29.7. The predicted molar refractivity (Wildman–Crippen MR) is 159 cm³/mol. The average Bonchev–Trinajstić information content (AvgIpc) is 3.00. The maximum Gasteiger partial charge on any atom is 0.416 e. The summed E-state index contributed by atoms with van der Waals surface area (Å²) in [6.07, 6.45) is -4.45. The number of aryl methyl sites for hydroxylation is 1. The second-order valence-corrected chi connectivity index (χ2v) is 9.85. The van der Waals surface area contributed by atoms with E-state index in [4.69, 9.17) is 0 Å². The van der Waals surface area contributed by atoms with Crippen LogP contribution in [0.25, 0.3) is 22.3 Å². The molecule has 0 aliphatic carbocycles. The summed E-state index contributed by atoms with van der Waals surface area (Å²) in [6.45, 7) is 2.40. The maximum atomic E-state index is 13.2. The van der Waals surface area contributed by atoms with Crippen LogP contribution < -0.4 is 10.6 Å². The van der Waals surface area contributed by atoms with E-state index < -0.39 is 17.6 Å². The topological polar surface area (TPSA) is 58.2 Å². The Labute approximate surface area is 241 Å². The van der Waals surface area contributed by atoms with Crippen LogP contribution in [0.4, 0.5) is 18.9 Å². The third kappa shape index (κ3) is 6.58. The van der Waals surface area contributed by atoms with Gasteiger partial charge in [0.25, 0.3) is 11.8 Å². The molecule has 2 N–H and O–H groups in total. The van der Waals surface area contributed by atoms with Crippen molar-refractivity contribution in [2.24, 2.45) is 0 Å². The smallest absolute Gasteiger partial charge is 0.348 e. The Hall–Kier alpha value is -5.17. The lowest BCUT2D eigenvalue weighted by Gasteiger charge is -2.13. The summed E-state index contributed by atoms with van der Waals surface area (Å²) in [5.41, 5.74) is 5.69. The number of hydrogen-bond acceptors (Lipinski definition) is 2. The number of amides is 2. The van der Waals surface area contributed by atoms with E-state index in [-0.39, 0.29) is 5.91 Å². The Bertz CT molecular complexity index is 1730. The predicted octanol–water partition coefficient (Wildman–Crippen LogP) is 8.53. The summed E-state index contributed by atoms with van der Waals surface area (Å²) in [6, 6.07) is 34.1. The summed E-state index contributed by atoms with van der Waals surface area (Å²) >= 11 is 0. The second-order valence-electron chi connectivity index (χ2n) is 9.85. The lowest BCUT2D eigenvalue weighted by atomic mass is 9.98. The Balaban J connectivity index is 1.25. The van der Waals surface area contributed by atoms with E-state index in [1.807, 2.05) is 36.4 Å². The molecule has 0 saturated heterocycles. The minimum absolute atomic E-state index is 0.292. The molecule has 0 aromatic heterocycles. The molecule has 0 bridgehead atoms. The molecule has 5 rings (SSSR count). The summed E-state index contributed by atoms with van der Waals surface area (Å²) in [5.74, 6) is -0.740. The quantitative estimate of drug-likeness (QED) is 0.208. The van der Waals surface area contributed by atoms with Gasteiger partial charge < -0.3 is 10.6 Å². The molecular weight excluding hydrogens is 537 g/mol. The monoisotopic (exact) mass is 564 g/mol. The third-order valence-electron chi connectivity index (χ3n) is 6.94. The van der Waals surface area contributed by atoms with Crippen molar-refractivity contribution in [3.8, 4) is 22.3 Å². The van der Waals surface area contributed by atoms with Gasteiger partial charge in [0, 0.05) is 23.4 Å². The first-order chi connectivity index (χ1) is 20.2. The molecule has 0 aliphatic heterocycles. The largest absolute Gasteiger partial charge is 0.416 e. The molecule has 0 spiro atoms. The molecule has 0 radical (unpaired) electrons. The maximum absolute atomic E-state index is 13.2. The molecule has 42 heavy (non-hydrogen) atoms. The van der Waals surface area contributed by atoms with Gasteiger partial charge in [-0.2, -0.15) is 13.2 Å². The molecule has 210 valence electrons. The summed E-state index contributed by atoms with van der Waals surface area (Å²) in [7, 11) is 0. The number of alkyl halides is 3. The number of carbonyl (C=O) groups excluding carboxylic acids is 2. The third-order valence-corrected chi connectivity index (χ3v) is 6.94. The van der Waals surface area contributed by atoms with Gasteiger partial charge in [-0.15, -0.1) is 0 Å². The number of nitrogens with one attached hydrogen (secondary N) is 2. The molecule has 5 aromatic rings. The molecule has 0 unspecified atom stereocenters. The van der Waals surface area contributed by atoms with Crippen molar-refractivity contribution in [3.05, 3.63) is 149 Å². The van der Waals surface area contributed by atoms with Crippen LogP contribution in [0.5, 0.6) is 0 Å². The van der Waals surface area contributed by atoms with E-state index in [2.05, 4.69) is 29.7 Å². The lowest BCUT2D eigenvalue weighted by Crippen LogP contribution is -2.23. The lowest BCUT2D eigenvalue weighted by molar-refractivity contribution is -0.137. The van der Waals surface area contributed by atoms with Gasteiger partial charge in [0.2, 0.25) is 0 Å². The van der Waals surface area contributed by atoms with E-state index in [1.165, 1.54) is 17.7 Å². The van der Waals surface area contributed by atoms with E-state index in [0.717, 1.165) is 28.8 Å². The van der Waals surface area contributed by atoms with Gasteiger partial charge in [-0.1, -0.05) is 84.9 Å². The van der Waals surface area contributed by atoms with E-state index in [0.29, 0.717) is 34.5 Å². The molecule has 4 nitrogen and oxygen atoms in total. The van der Waals surface area contributed by atoms with Crippen molar-refractivity contribution in [3.63, 3.8) is 0 Å². The SMILES string of the molecule is Cc1ccccc1-c1ccc(CNC(=O)c2cccc(NC(=O)c3ccccc3-c3ccc(C(F)(F)F)cc3)c2)cc1. The first kappa shape index (κ1) is 28.4. The van der Waals surface area contributed by atoms with Crippen molar-refractivity contribution in [1.82, 2.24) is 5.32 Å². The molecule has 0 aliphatic rings. The minimum atomic E-state index is -4.45. The second kappa shape index (κ2) is 12.1. The van der Waals surface area contributed by atoms with Crippen LogP contribution in [0.3, 0.4) is 0 Å². The number of hydrogen-bond donors (Lipinski definition) is 2. The highest BCUT2D eigenvalue weighted by atomic mass is 19.4. The molecule has 5 aromatic carbocycles. The Morgan fingerprint density at radius 1 is 0.667 bits per heavy atom. The van der Waals surface area contributed by atoms with Gasteiger partial charge in [0.1, 0.15) is 0 Å². The average molecular weight is 565 g/mol. The standard InChI is InChI=1S/C35H27F3N2O2/c1-23-7-2-3-10-30(23)25-15-13-24(14-16-25)22-39-33(41)27-8-6-9-29(21-27)40-34(42)32-12-5-4-11-31(32)26-17-19-28(20-18-26)35(36,37)38/h2-21H,22H2,1H3,(H,39,41)(H,40,42). The van der Waals surface area contributed by atoms with Gasteiger partial charge in [-0.25, -0.2) is 0 Å². The first-order valence-corrected chi connectivity index (χ1v) is 13.3. The van der Waals surface area contributed by atoms with Crippen molar-refractivity contribution in [2.75, 3.05) is 5.32 Å². The molecular formula is C35H27F3N2O2. The fourth-order valence-electron chi connectivity index (χ4n) is 4.69. The summed E-state index contributed by atoms with van der Waals surface area (Å²) < 4.78 is 39.0. The normalized spacial score (nSPS) is 11.1. The van der Waals surface area contributed by atoms with E-state index in [9.17, 15) is 22.8 Å². The van der Waals surface area contributed by atoms with Crippen molar-refractivity contribution in [2.45, 2.75) is 19.6 Å². The number of benzene rings is 5. The Morgan fingerprint density at radius 2 is 1.29 bits per heavy atom. The van der Waals surface area contributed by atoms with Gasteiger partial charge in [0.05, 0.1) is 5.56 Å². The van der Waals surface area contributed by atoms with Crippen LogP contribution in [-0.2, 0) is 12.7 Å². The van der Waals surface area contributed by atoms with Crippen LogP contribution in [0.1, 0.15) is 37.4 Å². The highest BCUT2D eigenvalue weighted by Crippen LogP contribution is 2.32. The Morgan fingerprint density at radius 3 is 1.98 bits per heavy atom. The van der Waals surface area contributed by atoms with Crippen LogP contribution in [0, 0.1) is 6.92 Å². The fraction of sp³-hybridized carbons (Fsp3) is 0.0857. The van der Waals surface area contributed by atoms with Crippen LogP contribution >= 0.6 is 0 Å². The summed E-state index contributed by atoms with van der Waals surface area (Å²) in [5, 5.41) is 5.71. The molecule has 0 atom stereocenters. The molecule has 0 heterocycles.